The van der Waals surface area contributed by atoms with E-state index in [2.05, 4.69) is 10.1 Å². The van der Waals surface area contributed by atoms with Crippen LogP contribution < -0.4 is 10.4 Å². The van der Waals surface area contributed by atoms with Gasteiger partial charge in [-0.2, -0.15) is 18.3 Å². The van der Waals surface area contributed by atoms with E-state index in [0.29, 0.717) is 46.7 Å². The molecule has 0 atom stereocenters. The molecule has 12 heteroatoms. The number of oxazole rings is 1. The SMILES string of the molecule is COc1ccnc(CN2CCc3c(cc(Cn4ccoc4=N)cc3-c3cn(C)nc3C(F)(F)F)C2=O)c1. The second-order valence-corrected chi connectivity index (χ2v) is 8.73. The van der Waals surface area contributed by atoms with Crippen LogP contribution in [0.25, 0.3) is 11.1 Å². The second-order valence-electron chi connectivity index (χ2n) is 8.73. The smallest absolute Gasteiger partial charge is 0.435 e. The molecule has 0 aliphatic carbocycles. The number of methoxy groups -OCH3 is 1. The summed E-state index contributed by atoms with van der Waals surface area (Å²) in [6, 6.07) is 6.75. The van der Waals surface area contributed by atoms with Gasteiger partial charge in [0.05, 0.1) is 25.9 Å². The Morgan fingerprint density at radius 2 is 1.95 bits per heavy atom. The maximum absolute atomic E-state index is 13.9. The van der Waals surface area contributed by atoms with E-state index >= 15 is 0 Å². The third-order valence-corrected chi connectivity index (χ3v) is 6.26. The van der Waals surface area contributed by atoms with Crippen LogP contribution in [0.2, 0.25) is 0 Å². The summed E-state index contributed by atoms with van der Waals surface area (Å²) >= 11 is 0. The molecular formula is C25H23F3N6O3. The highest BCUT2D eigenvalue weighted by molar-refractivity contribution is 5.99. The Hall–Kier alpha value is -4.35. The Morgan fingerprint density at radius 3 is 2.65 bits per heavy atom. The number of rotatable bonds is 6. The highest BCUT2D eigenvalue weighted by atomic mass is 19.4. The predicted octanol–water partition coefficient (Wildman–Crippen LogP) is 3.63. The van der Waals surface area contributed by atoms with Crippen LogP contribution in [0, 0.1) is 5.41 Å². The molecule has 1 aliphatic heterocycles. The number of aryl methyl sites for hydroxylation is 1. The first kappa shape index (κ1) is 24.3. The normalized spacial score (nSPS) is 13.6. The van der Waals surface area contributed by atoms with E-state index in [9.17, 15) is 18.0 Å². The quantitative estimate of drug-likeness (QED) is 0.425. The van der Waals surface area contributed by atoms with Gasteiger partial charge in [-0.25, -0.2) is 0 Å². The number of fused-ring (bicyclic) bond motifs is 1. The molecule has 5 rings (SSSR count). The largest absolute Gasteiger partial charge is 0.497 e. The zero-order valence-corrected chi connectivity index (χ0v) is 20.0. The van der Waals surface area contributed by atoms with Gasteiger partial charge >= 0.3 is 6.18 Å². The van der Waals surface area contributed by atoms with Crippen LogP contribution in [0.4, 0.5) is 13.2 Å². The summed E-state index contributed by atoms with van der Waals surface area (Å²) in [6.07, 6.45) is 1.49. The van der Waals surface area contributed by atoms with Gasteiger partial charge in [-0.05, 0) is 41.3 Å². The van der Waals surface area contributed by atoms with Crippen molar-refractivity contribution in [1.82, 2.24) is 24.2 Å². The summed E-state index contributed by atoms with van der Waals surface area (Å²) < 4.78 is 54.5. The number of nitrogens with zero attached hydrogens (tertiary/aromatic N) is 5. The zero-order chi connectivity index (χ0) is 26.3. The van der Waals surface area contributed by atoms with Crippen LogP contribution >= 0.6 is 0 Å². The molecule has 37 heavy (non-hydrogen) atoms. The van der Waals surface area contributed by atoms with Crippen molar-refractivity contribution in [1.29, 1.82) is 5.41 Å². The van der Waals surface area contributed by atoms with Crippen molar-refractivity contribution in [3.05, 3.63) is 82.9 Å². The lowest BCUT2D eigenvalue weighted by Gasteiger charge is -2.30. The number of pyridine rings is 1. The fourth-order valence-electron chi connectivity index (χ4n) is 4.58. The van der Waals surface area contributed by atoms with Crippen molar-refractivity contribution >= 4 is 5.91 Å². The minimum atomic E-state index is -4.67. The molecule has 0 bridgehead atoms. The first-order valence-electron chi connectivity index (χ1n) is 11.4. The average Bonchev–Trinajstić information content (AvgIpc) is 3.46. The number of carbonyl (C=O) groups is 1. The Balaban J connectivity index is 1.60. The molecule has 1 aromatic carbocycles. The lowest BCUT2D eigenvalue weighted by Crippen LogP contribution is -2.37. The Labute approximate surface area is 209 Å². The number of nitrogens with one attached hydrogen (secondary N) is 1. The van der Waals surface area contributed by atoms with Crippen molar-refractivity contribution in [3.63, 3.8) is 0 Å². The average molecular weight is 512 g/mol. The Bertz CT molecular complexity index is 1540. The molecule has 0 saturated carbocycles. The summed E-state index contributed by atoms with van der Waals surface area (Å²) in [4.78, 5) is 19.6. The van der Waals surface area contributed by atoms with Crippen LogP contribution in [0.1, 0.15) is 32.9 Å². The number of ether oxygens (including phenoxy) is 1. The summed E-state index contributed by atoms with van der Waals surface area (Å²) in [7, 11) is 2.97. The molecule has 0 spiro atoms. The van der Waals surface area contributed by atoms with Gasteiger partial charge in [0.15, 0.2) is 5.69 Å². The lowest BCUT2D eigenvalue weighted by molar-refractivity contribution is -0.140. The summed E-state index contributed by atoms with van der Waals surface area (Å²) in [5, 5.41) is 11.6. The van der Waals surface area contributed by atoms with Gasteiger partial charge in [0.2, 0.25) is 0 Å². The van der Waals surface area contributed by atoms with Crippen molar-refractivity contribution in [3.8, 4) is 16.9 Å². The number of hydrogen-bond donors (Lipinski definition) is 1. The molecule has 0 radical (unpaired) electrons. The predicted molar refractivity (Wildman–Crippen MR) is 125 cm³/mol. The van der Waals surface area contributed by atoms with E-state index < -0.39 is 11.9 Å². The molecule has 1 amide bonds. The fourth-order valence-corrected chi connectivity index (χ4v) is 4.58. The van der Waals surface area contributed by atoms with Gasteiger partial charge in [0, 0.05) is 49.4 Å². The number of hydrogen-bond acceptors (Lipinski definition) is 6. The van der Waals surface area contributed by atoms with Crippen molar-refractivity contribution in [2.24, 2.45) is 7.05 Å². The van der Waals surface area contributed by atoms with E-state index in [-0.39, 0.29) is 30.2 Å². The van der Waals surface area contributed by atoms with E-state index in [0.717, 1.165) is 4.68 Å². The monoisotopic (exact) mass is 512 g/mol. The van der Waals surface area contributed by atoms with Crippen LogP contribution in [0.3, 0.4) is 0 Å². The highest BCUT2D eigenvalue weighted by Crippen LogP contribution is 2.40. The first-order chi connectivity index (χ1) is 17.6. The summed E-state index contributed by atoms with van der Waals surface area (Å²) in [5.74, 6) is 0.300. The minimum absolute atomic E-state index is 0.0906. The molecule has 0 saturated heterocycles. The van der Waals surface area contributed by atoms with Crippen LogP contribution in [-0.2, 0) is 32.7 Å². The number of amides is 1. The molecule has 1 aliphatic rings. The molecule has 1 N–H and O–H groups in total. The molecule has 192 valence electrons. The Morgan fingerprint density at radius 1 is 1.16 bits per heavy atom. The van der Waals surface area contributed by atoms with E-state index in [1.165, 1.54) is 24.1 Å². The van der Waals surface area contributed by atoms with Crippen LogP contribution in [-0.4, -0.2) is 43.8 Å². The maximum Gasteiger partial charge on any atom is 0.435 e. The summed E-state index contributed by atoms with van der Waals surface area (Å²) in [6.45, 7) is 0.678. The topological polar surface area (TPSA) is 102 Å². The van der Waals surface area contributed by atoms with Crippen molar-refractivity contribution in [2.45, 2.75) is 25.7 Å². The summed E-state index contributed by atoms with van der Waals surface area (Å²) in [5.41, 5.74) is 1.12. The number of benzene rings is 1. The third kappa shape index (κ3) is 4.74. The molecular weight excluding hydrogens is 489 g/mol. The molecule has 4 aromatic rings. The second kappa shape index (κ2) is 9.26. The van der Waals surface area contributed by atoms with Gasteiger partial charge in [-0.3, -0.25) is 24.4 Å². The van der Waals surface area contributed by atoms with Gasteiger partial charge in [0.25, 0.3) is 11.6 Å². The molecule has 4 heterocycles. The third-order valence-electron chi connectivity index (χ3n) is 6.26. The van der Waals surface area contributed by atoms with E-state index in [4.69, 9.17) is 14.6 Å². The maximum atomic E-state index is 13.9. The lowest BCUT2D eigenvalue weighted by atomic mass is 9.88. The van der Waals surface area contributed by atoms with Gasteiger partial charge in [-0.15, -0.1) is 0 Å². The fraction of sp³-hybridized carbons (Fsp3) is 0.280. The van der Waals surface area contributed by atoms with Crippen molar-refractivity contribution < 1.29 is 27.1 Å². The van der Waals surface area contributed by atoms with Crippen LogP contribution in [0.5, 0.6) is 5.75 Å². The van der Waals surface area contributed by atoms with E-state index in [1.807, 2.05) is 0 Å². The number of halogens is 3. The highest BCUT2D eigenvalue weighted by Gasteiger charge is 2.39. The molecule has 0 unspecified atom stereocenters. The molecule has 9 nitrogen and oxygen atoms in total. The van der Waals surface area contributed by atoms with Crippen LogP contribution in [0.15, 0.2) is 53.5 Å². The number of carbonyl (C=O) groups excluding carboxylic acids is 1. The van der Waals surface area contributed by atoms with Gasteiger partial charge in [-0.1, -0.05) is 0 Å². The number of alkyl halides is 3. The Kier molecular flexibility index (Phi) is 6.10. The number of aromatic nitrogens is 4. The van der Waals surface area contributed by atoms with Gasteiger partial charge in [0.1, 0.15) is 12.0 Å². The van der Waals surface area contributed by atoms with E-state index in [1.54, 1.807) is 48.7 Å². The van der Waals surface area contributed by atoms with Crippen molar-refractivity contribution in [2.75, 3.05) is 13.7 Å². The zero-order valence-electron chi connectivity index (χ0n) is 20.0. The minimum Gasteiger partial charge on any atom is -0.497 e. The molecule has 0 fully saturated rings. The van der Waals surface area contributed by atoms with Gasteiger partial charge < -0.3 is 14.1 Å². The molecule has 3 aromatic heterocycles. The standard InChI is InChI=1S/C25H23F3N6O3/c1-32-14-21(22(31-32)25(26,27)28)19-9-15(12-34-7-8-37-24(34)29)10-20-18(19)4-6-33(23(20)35)13-16-11-17(36-2)3-5-30-16/h3,5,7-11,14,29H,4,6,12-13H2,1-2H3. The first-order valence-corrected chi connectivity index (χ1v) is 11.4.